The van der Waals surface area contributed by atoms with Gasteiger partial charge in [-0.25, -0.2) is 0 Å². The lowest BCUT2D eigenvalue weighted by Crippen LogP contribution is -2.38. The normalized spacial score (nSPS) is 23.4. The molecule has 1 heterocycles. The lowest BCUT2D eigenvalue weighted by Gasteiger charge is -2.29. The highest BCUT2D eigenvalue weighted by Gasteiger charge is 2.20. The molecule has 3 heteroatoms. The maximum atomic E-state index is 11.3. The van der Waals surface area contributed by atoms with Crippen molar-refractivity contribution < 1.29 is 9.53 Å². The molecule has 1 aliphatic heterocycles. The molecule has 0 spiro atoms. The highest BCUT2D eigenvalue weighted by Crippen LogP contribution is 2.12. The van der Waals surface area contributed by atoms with E-state index in [-0.39, 0.29) is 12.1 Å². The van der Waals surface area contributed by atoms with Crippen LogP contribution in [-0.4, -0.2) is 37.1 Å². The van der Waals surface area contributed by atoms with Crippen LogP contribution in [0.5, 0.6) is 0 Å². The van der Waals surface area contributed by atoms with E-state index in [0.29, 0.717) is 6.42 Å². The number of nitrogens with zero attached hydrogens (tertiary/aromatic N) is 1. The predicted octanol–water partition coefficient (Wildman–Crippen LogP) is 1.81. The Morgan fingerprint density at radius 3 is 3.00 bits per heavy atom. The van der Waals surface area contributed by atoms with Gasteiger partial charge in [-0.2, -0.15) is 0 Å². The summed E-state index contributed by atoms with van der Waals surface area (Å²) in [6, 6.07) is 0. The zero-order chi connectivity index (χ0) is 10.4. The van der Waals surface area contributed by atoms with Crippen molar-refractivity contribution in [1.29, 1.82) is 0 Å². The maximum absolute atomic E-state index is 11.3. The molecule has 0 saturated carbocycles. The Morgan fingerprint density at radius 2 is 2.36 bits per heavy atom. The van der Waals surface area contributed by atoms with Gasteiger partial charge in [0.2, 0.25) is 0 Å². The van der Waals surface area contributed by atoms with Crippen molar-refractivity contribution in [3.05, 3.63) is 0 Å². The molecule has 0 aromatic heterocycles. The van der Waals surface area contributed by atoms with Crippen LogP contribution in [0.4, 0.5) is 0 Å². The molecule has 14 heavy (non-hydrogen) atoms. The second-order valence-electron chi connectivity index (χ2n) is 4.12. The van der Waals surface area contributed by atoms with Crippen molar-refractivity contribution >= 4 is 5.97 Å². The molecule has 0 amide bonds. The SMILES string of the molecule is CCCCC(=O)O[C@@H]1CCCN(C)C1. The number of esters is 1. The van der Waals surface area contributed by atoms with Crippen LogP contribution in [-0.2, 0) is 9.53 Å². The quantitative estimate of drug-likeness (QED) is 0.647. The smallest absolute Gasteiger partial charge is 0.306 e. The first-order chi connectivity index (χ1) is 6.72. The minimum atomic E-state index is -0.0212. The van der Waals surface area contributed by atoms with Gasteiger partial charge in [-0.1, -0.05) is 13.3 Å². The predicted molar refractivity (Wildman–Crippen MR) is 56.1 cm³/mol. The number of likely N-dealkylation sites (tertiary alicyclic amines) is 1. The number of likely N-dealkylation sites (N-methyl/N-ethyl adjacent to an activating group) is 1. The van der Waals surface area contributed by atoms with Crippen LogP contribution < -0.4 is 0 Å². The molecule has 1 saturated heterocycles. The molecule has 0 bridgehead atoms. The van der Waals surface area contributed by atoms with Gasteiger partial charge in [0.1, 0.15) is 6.10 Å². The molecule has 3 nitrogen and oxygen atoms in total. The van der Waals surface area contributed by atoms with E-state index in [9.17, 15) is 4.79 Å². The Hall–Kier alpha value is -0.570. The first-order valence-corrected chi connectivity index (χ1v) is 5.60. The molecular weight excluding hydrogens is 178 g/mol. The fourth-order valence-electron chi connectivity index (χ4n) is 1.78. The fraction of sp³-hybridized carbons (Fsp3) is 0.909. The summed E-state index contributed by atoms with van der Waals surface area (Å²) in [5.41, 5.74) is 0. The van der Waals surface area contributed by atoms with Crippen LogP contribution in [0.3, 0.4) is 0 Å². The average Bonchev–Trinajstić information content (AvgIpc) is 2.15. The molecule has 0 aromatic carbocycles. The van der Waals surface area contributed by atoms with Gasteiger partial charge in [-0.15, -0.1) is 0 Å². The van der Waals surface area contributed by atoms with Gasteiger partial charge in [-0.05, 0) is 32.9 Å². The van der Waals surface area contributed by atoms with Gasteiger partial charge < -0.3 is 9.64 Å². The summed E-state index contributed by atoms with van der Waals surface area (Å²) in [6.45, 7) is 4.11. The third kappa shape index (κ3) is 4.09. The molecule has 0 aliphatic carbocycles. The summed E-state index contributed by atoms with van der Waals surface area (Å²) in [5.74, 6) is -0.0212. The number of hydrogen-bond donors (Lipinski definition) is 0. The van der Waals surface area contributed by atoms with E-state index < -0.39 is 0 Å². The minimum Gasteiger partial charge on any atom is -0.461 e. The lowest BCUT2D eigenvalue weighted by atomic mass is 10.1. The van der Waals surface area contributed by atoms with Gasteiger partial charge in [0.15, 0.2) is 0 Å². The Balaban J connectivity index is 2.18. The van der Waals surface area contributed by atoms with E-state index in [2.05, 4.69) is 18.9 Å². The van der Waals surface area contributed by atoms with Crippen molar-refractivity contribution in [1.82, 2.24) is 4.90 Å². The summed E-state index contributed by atoms with van der Waals surface area (Å²) in [4.78, 5) is 13.6. The number of hydrogen-bond acceptors (Lipinski definition) is 3. The molecule has 82 valence electrons. The van der Waals surface area contributed by atoms with E-state index >= 15 is 0 Å². The van der Waals surface area contributed by atoms with Crippen LogP contribution in [0.1, 0.15) is 39.0 Å². The lowest BCUT2D eigenvalue weighted by molar-refractivity contribution is -0.151. The minimum absolute atomic E-state index is 0.0212. The van der Waals surface area contributed by atoms with E-state index in [1.165, 1.54) is 0 Å². The van der Waals surface area contributed by atoms with Crippen LogP contribution in [0.15, 0.2) is 0 Å². The van der Waals surface area contributed by atoms with Crippen molar-refractivity contribution in [2.45, 2.75) is 45.1 Å². The van der Waals surface area contributed by atoms with Gasteiger partial charge in [0, 0.05) is 13.0 Å². The Labute approximate surface area is 86.4 Å². The summed E-state index contributed by atoms with van der Waals surface area (Å²) in [5, 5.41) is 0. The summed E-state index contributed by atoms with van der Waals surface area (Å²) >= 11 is 0. The highest BCUT2D eigenvalue weighted by molar-refractivity contribution is 5.69. The Kier molecular flexibility index (Phi) is 4.94. The zero-order valence-corrected chi connectivity index (χ0v) is 9.29. The van der Waals surface area contributed by atoms with E-state index in [0.717, 1.165) is 38.8 Å². The van der Waals surface area contributed by atoms with Crippen LogP contribution in [0.25, 0.3) is 0 Å². The molecule has 0 aromatic rings. The van der Waals surface area contributed by atoms with Gasteiger partial charge >= 0.3 is 5.97 Å². The van der Waals surface area contributed by atoms with Crippen molar-refractivity contribution in [2.24, 2.45) is 0 Å². The topological polar surface area (TPSA) is 29.5 Å². The summed E-state index contributed by atoms with van der Waals surface area (Å²) in [6.07, 6.45) is 4.89. The number of piperidine rings is 1. The molecule has 1 atom stereocenters. The first-order valence-electron chi connectivity index (χ1n) is 5.60. The highest BCUT2D eigenvalue weighted by atomic mass is 16.5. The number of carbonyl (C=O) groups excluding carboxylic acids is 1. The van der Waals surface area contributed by atoms with Crippen molar-refractivity contribution in [2.75, 3.05) is 20.1 Å². The van der Waals surface area contributed by atoms with E-state index in [1.807, 2.05) is 0 Å². The van der Waals surface area contributed by atoms with Crippen LogP contribution >= 0.6 is 0 Å². The average molecular weight is 199 g/mol. The van der Waals surface area contributed by atoms with Gasteiger partial charge in [0.25, 0.3) is 0 Å². The second-order valence-corrected chi connectivity index (χ2v) is 4.12. The largest absolute Gasteiger partial charge is 0.461 e. The molecule has 0 unspecified atom stereocenters. The van der Waals surface area contributed by atoms with Crippen molar-refractivity contribution in [3.63, 3.8) is 0 Å². The van der Waals surface area contributed by atoms with Gasteiger partial charge in [0.05, 0.1) is 0 Å². The van der Waals surface area contributed by atoms with Crippen molar-refractivity contribution in [3.8, 4) is 0 Å². The number of ether oxygens (including phenoxy) is 1. The Morgan fingerprint density at radius 1 is 1.57 bits per heavy atom. The monoisotopic (exact) mass is 199 g/mol. The Bertz CT molecular complexity index is 182. The van der Waals surface area contributed by atoms with Gasteiger partial charge in [-0.3, -0.25) is 4.79 Å². The standard InChI is InChI=1S/C11H21NO2/c1-3-4-7-11(13)14-10-6-5-8-12(2)9-10/h10H,3-9H2,1-2H3/t10-/m1/s1. The number of rotatable bonds is 4. The number of unbranched alkanes of at least 4 members (excludes halogenated alkanes) is 1. The fourth-order valence-corrected chi connectivity index (χ4v) is 1.78. The van der Waals surface area contributed by atoms with E-state index in [1.54, 1.807) is 0 Å². The summed E-state index contributed by atoms with van der Waals surface area (Å²) < 4.78 is 5.38. The molecular formula is C11H21NO2. The third-order valence-electron chi connectivity index (χ3n) is 2.61. The zero-order valence-electron chi connectivity index (χ0n) is 9.29. The first kappa shape index (κ1) is 11.5. The molecule has 0 N–H and O–H groups in total. The maximum Gasteiger partial charge on any atom is 0.306 e. The molecule has 1 fully saturated rings. The second kappa shape index (κ2) is 6.02. The third-order valence-corrected chi connectivity index (χ3v) is 2.61. The van der Waals surface area contributed by atoms with Crippen LogP contribution in [0.2, 0.25) is 0 Å². The molecule has 1 rings (SSSR count). The molecule has 1 aliphatic rings. The molecule has 0 radical (unpaired) electrons. The number of carbonyl (C=O) groups is 1. The van der Waals surface area contributed by atoms with E-state index in [4.69, 9.17) is 4.74 Å². The summed E-state index contributed by atoms with van der Waals surface area (Å²) in [7, 11) is 2.08. The van der Waals surface area contributed by atoms with Crippen LogP contribution in [0, 0.1) is 0 Å².